The van der Waals surface area contributed by atoms with E-state index in [1.54, 1.807) is 6.92 Å². The molecule has 6 nitrogen and oxygen atoms in total. The zero-order valence-electron chi connectivity index (χ0n) is 11.4. The Morgan fingerprint density at radius 1 is 1.53 bits per heavy atom. The van der Waals surface area contributed by atoms with Crippen LogP contribution in [-0.2, 0) is 4.79 Å². The van der Waals surface area contributed by atoms with E-state index < -0.39 is 11.6 Å². The van der Waals surface area contributed by atoms with E-state index in [1.165, 1.54) is 18.0 Å². The van der Waals surface area contributed by atoms with Crippen molar-refractivity contribution in [3.8, 4) is 5.75 Å². The molecule has 0 aliphatic carbocycles. The van der Waals surface area contributed by atoms with Gasteiger partial charge in [0.15, 0.2) is 5.15 Å². The van der Waals surface area contributed by atoms with Gasteiger partial charge in [0.05, 0.1) is 7.11 Å². The molecule has 1 aromatic rings. The molecule has 0 saturated carbocycles. The maximum atomic E-state index is 12.0. The molecule has 0 radical (unpaired) electrons. The maximum Gasteiger partial charge on any atom is 0.298 e. The van der Waals surface area contributed by atoms with E-state index in [-0.39, 0.29) is 16.8 Å². The lowest BCUT2D eigenvalue weighted by Gasteiger charge is -2.16. The van der Waals surface area contributed by atoms with E-state index in [2.05, 4.69) is 10.3 Å². The molecule has 0 aromatic carbocycles. The van der Waals surface area contributed by atoms with Crippen LogP contribution in [0.5, 0.6) is 5.75 Å². The number of nitrogens with zero attached hydrogens (tertiary/aromatic N) is 2. The van der Waals surface area contributed by atoms with E-state index >= 15 is 0 Å². The van der Waals surface area contributed by atoms with Crippen molar-refractivity contribution in [3.05, 3.63) is 21.8 Å². The first-order valence-corrected chi connectivity index (χ1v) is 6.34. The first-order chi connectivity index (χ1) is 8.88. The largest absolute Gasteiger partial charge is 0.489 e. The van der Waals surface area contributed by atoms with Crippen molar-refractivity contribution in [2.75, 3.05) is 13.7 Å². The van der Waals surface area contributed by atoms with Crippen molar-refractivity contribution in [2.45, 2.75) is 26.8 Å². The fourth-order valence-corrected chi connectivity index (χ4v) is 1.66. The van der Waals surface area contributed by atoms with E-state index in [9.17, 15) is 9.59 Å². The number of amides is 1. The quantitative estimate of drug-likeness (QED) is 0.827. The van der Waals surface area contributed by atoms with Crippen LogP contribution in [0.2, 0.25) is 5.15 Å². The van der Waals surface area contributed by atoms with E-state index in [1.807, 2.05) is 13.8 Å². The Bertz CT molecular complexity index is 513. The van der Waals surface area contributed by atoms with Crippen LogP contribution in [0.3, 0.4) is 0 Å². The SMILES string of the molecule is COc1c(Cl)ncn(C(C)C(=O)NCC(C)C)c1=O. The standard InChI is InChI=1S/C12H18ClN3O3/c1-7(2)5-14-11(17)8(3)16-6-15-10(13)9(19-4)12(16)18/h6-8H,5H2,1-4H3,(H,14,17). The van der Waals surface area contributed by atoms with Crippen molar-refractivity contribution in [1.29, 1.82) is 0 Å². The van der Waals surface area contributed by atoms with Crippen molar-refractivity contribution in [2.24, 2.45) is 5.92 Å². The average molecular weight is 288 g/mol. The molecular formula is C12H18ClN3O3. The second-order valence-corrected chi connectivity index (χ2v) is 4.95. The lowest BCUT2D eigenvalue weighted by atomic mass is 10.2. The number of rotatable bonds is 5. The Balaban J connectivity index is 2.97. The van der Waals surface area contributed by atoms with Crippen LogP contribution in [0.25, 0.3) is 0 Å². The van der Waals surface area contributed by atoms with Gasteiger partial charge in [-0.25, -0.2) is 4.98 Å². The summed E-state index contributed by atoms with van der Waals surface area (Å²) in [5.74, 6) is 0.0282. The topological polar surface area (TPSA) is 73.2 Å². The molecular weight excluding hydrogens is 270 g/mol. The fraction of sp³-hybridized carbons (Fsp3) is 0.583. The molecule has 0 bridgehead atoms. The minimum absolute atomic E-state index is 0.0152. The Kier molecular flexibility index (Phi) is 5.35. The van der Waals surface area contributed by atoms with Crippen LogP contribution in [0.15, 0.2) is 11.1 Å². The van der Waals surface area contributed by atoms with Crippen molar-refractivity contribution in [3.63, 3.8) is 0 Å². The van der Waals surface area contributed by atoms with Gasteiger partial charge < -0.3 is 10.1 Å². The molecule has 1 heterocycles. The summed E-state index contributed by atoms with van der Waals surface area (Å²) in [5.41, 5.74) is -0.477. The molecule has 1 aromatic heterocycles. The smallest absolute Gasteiger partial charge is 0.298 e. The van der Waals surface area contributed by atoms with Gasteiger partial charge in [0, 0.05) is 6.54 Å². The highest BCUT2D eigenvalue weighted by molar-refractivity contribution is 6.30. The summed E-state index contributed by atoms with van der Waals surface area (Å²) in [6.45, 7) is 6.15. The minimum atomic E-state index is -0.676. The molecule has 0 spiro atoms. The highest BCUT2D eigenvalue weighted by Crippen LogP contribution is 2.16. The van der Waals surface area contributed by atoms with Gasteiger partial charge in [0.2, 0.25) is 11.7 Å². The van der Waals surface area contributed by atoms with E-state index in [0.717, 1.165) is 0 Å². The molecule has 7 heteroatoms. The Morgan fingerprint density at radius 2 is 2.16 bits per heavy atom. The average Bonchev–Trinajstić information content (AvgIpc) is 2.35. The number of carbonyl (C=O) groups is 1. The first kappa shape index (κ1) is 15.5. The Morgan fingerprint density at radius 3 is 2.68 bits per heavy atom. The molecule has 1 unspecified atom stereocenters. The second kappa shape index (κ2) is 6.56. The summed E-state index contributed by atoms with van der Waals surface area (Å²) in [4.78, 5) is 27.8. The van der Waals surface area contributed by atoms with E-state index in [0.29, 0.717) is 12.5 Å². The number of aromatic nitrogens is 2. The van der Waals surface area contributed by atoms with Gasteiger partial charge in [-0.3, -0.25) is 14.2 Å². The molecule has 1 atom stereocenters. The van der Waals surface area contributed by atoms with Crippen molar-refractivity contribution in [1.82, 2.24) is 14.9 Å². The fourth-order valence-electron chi connectivity index (χ4n) is 1.46. The van der Waals surface area contributed by atoms with Crippen LogP contribution < -0.4 is 15.6 Å². The normalized spacial score (nSPS) is 12.3. The number of nitrogens with one attached hydrogen (secondary N) is 1. The van der Waals surface area contributed by atoms with Crippen molar-refractivity contribution >= 4 is 17.5 Å². The molecule has 1 N–H and O–H groups in total. The maximum absolute atomic E-state index is 12.0. The van der Waals surface area contributed by atoms with Crippen LogP contribution in [0, 0.1) is 5.92 Å². The van der Waals surface area contributed by atoms with Gasteiger partial charge in [-0.2, -0.15) is 0 Å². The highest BCUT2D eigenvalue weighted by Gasteiger charge is 2.19. The van der Waals surface area contributed by atoms with Crippen molar-refractivity contribution < 1.29 is 9.53 Å². The zero-order chi connectivity index (χ0) is 14.6. The third kappa shape index (κ3) is 3.70. The molecule has 19 heavy (non-hydrogen) atoms. The third-order valence-electron chi connectivity index (χ3n) is 2.60. The first-order valence-electron chi connectivity index (χ1n) is 5.96. The third-order valence-corrected chi connectivity index (χ3v) is 2.87. The second-order valence-electron chi connectivity index (χ2n) is 4.60. The monoisotopic (exact) mass is 287 g/mol. The predicted octanol–water partition coefficient (Wildman–Crippen LogP) is 1.24. The van der Waals surface area contributed by atoms with Crippen LogP contribution in [0.4, 0.5) is 0 Å². The minimum Gasteiger partial charge on any atom is -0.489 e. The number of methoxy groups -OCH3 is 1. The summed E-state index contributed by atoms with van der Waals surface area (Å²) < 4.78 is 6.08. The molecule has 0 saturated heterocycles. The summed E-state index contributed by atoms with van der Waals surface area (Å²) in [6.07, 6.45) is 1.24. The molecule has 106 valence electrons. The Hall–Kier alpha value is -1.56. The molecule has 0 aliphatic heterocycles. The number of hydrogen-bond donors (Lipinski definition) is 1. The molecule has 1 rings (SSSR count). The number of halogens is 1. The van der Waals surface area contributed by atoms with Gasteiger partial charge in [-0.15, -0.1) is 0 Å². The van der Waals surface area contributed by atoms with Crippen LogP contribution in [0.1, 0.15) is 26.8 Å². The van der Waals surface area contributed by atoms with Gasteiger partial charge in [-0.1, -0.05) is 25.4 Å². The number of ether oxygens (including phenoxy) is 1. The zero-order valence-corrected chi connectivity index (χ0v) is 12.2. The summed E-state index contributed by atoms with van der Waals surface area (Å²) in [6, 6.07) is -0.676. The van der Waals surface area contributed by atoms with Crippen LogP contribution in [-0.4, -0.2) is 29.1 Å². The Labute approximate surface area is 116 Å². The number of hydrogen-bond acceptors (Lipinski definition) is 4. The summed E-state index contributed by atoms with van der Waals surface area (Å²) in [7, 11) is 1.33. The van der Waals surface area contributed by atoms with Gasteiger partial charge in [-0.05, 0) is 12.8 Å². The lowest BCUT2D eigenvalue weighted by molar-refractivity contribution is -0.124. The van der Waals surface area contributed by atoms with E-state index in [4.69, 9.17) is 16.3 Å². The summed E-state index contributed by atoms with van der Waals surface area (Å²) in [5, 5.41) is 2.74. The predicted molar refractivity (Wildman–Crippen MR) is 72.6 cm³/mol. The van der Waals surface area contributed by atoms with Gasteiger partial charge >= 0.3 is 0 Å². The molecule has 0 aliphatic rings. The van der Waals surface area contributed by atoms with Crippen LogP contribution >= 0.6 is 11.6 Å². The molecule has 0 fully saturated rings. The number of carbonyl (C=O) groups excluding carboxylic acids is 1. The lowest BCUT2D eigenvalue weighted by Crippen LogP contribution is -2.37. The molecule has 1 amide bonds. The van der Waals surface area contributed by atoms with Gasteiger partial charge in [0.25, 0.3) is 5.56 Å². The summed E-state index contributed by atoms with van der Waals surface area (Å²) >= 11 is 5.74. The van der Waals surface area contributed by atoms with Gasteiger partial charge in [0.1, 0.15) is 12.4 Å². The highest BCUT2D eigenvalue weighted by atomic mass is 35.5.